The molecule has 1 fully saturated rings. The van der Waals surface area contributed by atoms with E-state index in [-0.39, 0.29) is 0 Å². The lowest BCUT2D eigenvalue weighted by Gasteiger charge is -2.30. The zero-order chi connectivity index (χ0) is 12.4. The van der Waals surface area contributed by atoms with Gasteiger partial charge in [-0.1, -0.05) is 6.08 Å². The molecule has 1 aliphatic rings. The van der Waals surface area contributed by atoms with Crippen LogP contribution in [0.15, 0.2) is 12.7 Å². The number of carboxylic acid groups (broad SMARTS) is 1. The maximum atomic E-state index is 11.6. The maximum Gasteiger partial charge on any atom is 0.325 e. The van der Waals surface area contributed by atoms with Crippen LogP contribution < -0.4 is 5.32 Å². The number of sulfone groups is 1. The Labute approximate surface area is 95.5 Å². The molecule has 0 saturated heterocycles. The number of carbonyl (C=O) groups is 1. The maximum absolute atomic E-state index is 11.6. The highest BCUT2D eigenvalue weighted by Gasteiger charge is 2.53. The number of nitrogens with one attached hydrogen (secondary N) is 1. The molecular weight excluding hydrogens is 230 g/mol. The normalized spacial score (nSPS) is 30.2. The number of hydrogen-bond donors (Lipinski definition) is 2. The predicted octanol–water partition coefficient (Wildman–Crippen LogP) is 0.182. The molecule has 1 rings (SSSR count). The molecule has 1 aliphatic carbocycles. The fraction of sp³-hybridized carbons (Fsp3) is 0.700. The lowest BCUT2D eigenvalue weighted by Crippen LogP contribution is -2.59. The first-order chi connectivity index (χ1) is 7.34. The minimum atomic E-state index is -3.36. The van der Waals surface area contributed by atoms with Crippen molar-refractivity contribution in [3.63, 3.8) is 0 Å². The van der Waals surface area contributed by atoms with Gasteiger partial charge in [-0.15, -0.1) is 6.58 Å². The van der Waals surface area contributed by atoms with E-state index in [4.69, 9.17) is 0 Å². The first-order valence-corrected chi connectivity index (χ1v) is 7.08. The Balaban J connectivity index is 3.08. The molecule has 2 N–H and O–H groups in total. The Kier molecular flexibility index (Phi) is 3.75. The van der Waals surface area contributed by atoms with Crippen LogP contribution in [0.5, 0.6) is 0 Å². The van der Waals surface area contributed by atoms with Gasteiger partial charge in [0.25, 0.3) is 0 Å². The van der Waals surface area contributed by atoms with E-state index >= 15 is 0 Å². The van der Waals surface area contributed by atoms with Crippen LogP contribution >= 0.6 is 0 Å². The molecule has 16 heavy (non-hydrogen) atoms. The van der Waals surface area contributed by atoms with Crippen molar-refractivity contribution < 1.29 is 18.3 Å². The minimum absolute atomic E-state index is 0.290. The monoisotopic (exact) mass is 247 g/mol. The van der Waals surface area contributed by atoms with Crippen molar-refractivity contribution in [3.8, 4) is 0 Å². The van der Waals surface area contributed by atoms with E-state index in [1.165, 1.54) is 6.08 Å². The Morgan fingerprint density at radius 3 is 2.75 bits per heavy atom. The molecular formula is C10H17NO4S. The van der Waals surface area contributed by atoms with E-state index in [1.54, 1.807) is 0 Å². The summed E-state index contributed by atoms with van der Waals surface area (Å²) in [5.41, 5.74) is -1.35. The van der Waals surface area contributed by atoms with Crippen molar-refractivity contribution >= 4 is 15.8 Å². The Hall–Kier alpha value is -0.880. The van der Waals surface area contributed by atoms with Crippen LogP contribution in [0.25, 0.3) is 0 Å². The van der Waals surface area contributed by atoms with Crippen molar-refractivity contribution in [2.45, 2.75) is 30.1 Å². The van der Waals surface area contributed by atoms with Crippen molar-refractivity contribution in [1.29, 1.82) is 0 Å². The van der Waals surface area contributed by atoms with Crippen LogP contribution in [0, 0.1) is 0 Å². The highest BCUT2D eigenvalue weighted by Crippen LogP contribution is 2.35. The van der Waals surface area contributed by atoms with E-state index in [1.807, 2.05) is 0 Å². The molecule has 0 bridgehead atoms. The Morgan fingerprint density at radius 1 is 1.69 bits per heavy atom. The van der Waals surface area contributed by atoms with Gasteiger partial charge in [0.2, 0.25) is 0 Å². The zero-order valence-electron chi connectivity index (χ0n) is 9.27. The van der Waals surface area contributed by atoms with Crippen molar-refractivity contribution in [1.82, 2.24) is 5.32 Å². The van der Waals surface area contributed by atoms with Crippen molar-refractivity contribution in [2.75, 3.05) is 12.8 Å². The third kappa shape index (κ3) is 2.27. The van der Waals surface area contributed by atoms with Gasteiger partial charge < -0.3 is 5.11 Å². The standard InChI is InChI=1S/C10H17NO4S/c1-3-7-11-10(9(12)13)6-4-5-8(10)16(2,14)15/h3,8,11H,1,4-7H2,2H3,(H,12,13). The predicted molar refractivity (Wildman–Crippen MR) is 61.0 cm³/mol. The lowest BCUT2D eigenvalue weighted by molar-refractivity contribution is -0.144. The van der Waals surface area contributed by atoms with Gasteiger partial charge >= 0.3 is 5.97 Å². The van der Waals surface area contributed by atoms with Crippen LogP contribution in [-0.2, 0) is 14.6 Å². The van der Waals surface area contributed by atoms with Gasteiger partial charge in [0.15, 0.2) is 9.84 Å². The molecule has 1 saturated carbocycles. The van der Waals surface area contributed by atoms with Crippen LogP contribution in [0.4, 0.5) is 0 Å². The SMILES string of the molecule is C=CCNC1(C(=O)O)CCCC1S(C)(=O)=O. The first-order valence-electron chi connectivity index (χ1n) is 5.13. The van der Waals surface area contributed by atoms with E-state index in [0.717, 1.165) is 6.26 Å². The molecule has 0 radical (unpaired) electrons. The molecule has 0 aromatic heterocycles. The molecule has 2 unspecified atom stereocenters. The fourth-order valence-electron chi connectivity index (χ4n) is 2.33. The van der Waals surface area contributed by atoms with Gasteiger partial charge in [0.1, 0.15) is 5.54 Å². The van der Waals surface area contributed by atoms with Crippen molar-refractivity contribution in [2.24, 2.45) is 0 Å². The second-order valence-corrected chi connectivity index (χ2v) is 6.38. The van der Waals surface area contributed by atoms with Crippen LogP contribution in [0.1, 0.15) is 19.3 Å². The quantitative estimate of drug-likeness (QED) is 0.677. The topological polar surface area (TPSA) is 83.5 Å². The summed E-state index contributed by atoms with van der Waals surface area (Å²) in [6.07, 6.45) is 3.97. The molecule has 0 aromatic carbocycles. The molecule has 2 atom stereocenters. The summed E-state index contributed by atoms with van der Waals surface area (Å²) in [6.45, 7) is 3.78. The van der Waals surface area contributed by atoms with Crippen LogP contribution in [0.2, 0.25) is 0 Å². The van der Waals surface area contributed by atoms with Gasteiger partial charge in [-0.2, -0.15) is 0 Å². The molecule has 6 heteroatoms. The summed E-state index contributed by atoms with van der Waals surface area (Å²) in [7, 11) is -3.36. The molecule has 0 heterocycles. The van der Waals surface area contributed by atoms with Crippen molar-refractivity contribution in [3.05, 3.63) is 12.7 Å². The molecule has 92 valence electrons. The number of hydrogen-bond acceptors (Lipinski definition) is 4. The summed E-state index contributed by atoms with van der Waals surface area (Å²) in [6, 6.07) is 0. The Morgan fingerprint density at radius 2 is 2.31 bits per heavy atom. The number of carboxylic acids is 1. The van der Waals surface area contributed by atoms with Gasteiger partial charge in [-0.25, -0.2) is 8.42 Å². The smallest absolute Gasteiger partial charge is 0.325 e. The van der Waals surface area contributed by atoms with Gasteiger partial charge in [-0.3, -0.25) is 10.1 Å². The minimum Gasteiger partial charge on any atom is -0.480 e. The summed E-state index contributed by atoms with van der Waals surface area (Å²) >= 11 is 0. The highest BCUT2D eigenvalue weighted by atomic mass is 32.2. The molecule has 0 amide bonds. The largest absolute Gasteiger partial charge is 0.480 e. The molecule has 0 spiro atoms. The number of rotatable bonds is 5. The highest BCUT2D eigenvalue weighted by molar-refractivity contribution is 7.91. The fourth-order valence-corrected chi connectivity index (χ4v) is 3.96. The third-order valence-electron chi connectivity index (χ3n) is 3.05. The average Bonchev–Trinajstić information content (AvgIpc) is 2.58. The summed E-state index contributed by atoms with van der Waals surface area (Å²) in [5, 5.41) is 11.2. The summed E-state index contributed by atoms with van der Waals surface area (Å²) in [4.78, 5) is 11.3. The zero-order valence-corrected chi connectivity index (χ0v) is 10.1. The van der Waals surface area contributed by atoms with Crippen LogP contribution in [0.3, 0.4) is 0 Å². The lowest BCUT2D eigenvalue weighted by atomic mass is 9.97. The summed E-state index contributed by atoms with van der Waals surface area (Å²) in [5.74, 6) is -1.10. The van der Waals surface area contributed by atoms with Gasteiger partial charge in [-0.05, 0) is 19.3 Å². The van der Waals surface area contributed by atoms with Gasteiger partial charge in [0, 0.05) is 12.8 Å². The molecule has 5 nitrogen and oxygen atoms in total. The van der Waals surface area contributed by atoms with E-state index < -0.39 is 26.6 Å². The number of aliphatic carboxylic acids is 1. The van der Waals surface area contributed by atoms with Crippen LogP contribution in [-0.4, -0.2) is 43.1 Å². The van der Waals surface area contributed by atoms with E-state index in [0.29, 0.717) is 25.8 Å². The Bertz CT molecular complexity index is 390. The van der Waals surface area contributed by atoms with Gasteiger partial charge in [0.05, 0.1) is 5.25 Å². The second-order valence-electron chi connectivity index (χ2n) is 4.16. The molecule has 0 aliphatic heterocycles. The average molecular weight is 247 g/mol. The molecule has 0 aromatic rings. The second kappa shape index (κ2) is 4.55. The third-order valence-corrected chi connectivity index (χ3v) is 4.72. The first kappa shape index (κ1) is 13.2. The van der Waals surface area contributed by atoms with E-state index in [9.17, 15) is 18.3 Å². The van der Waals surface area contributed by atoms with E-state index in [2.05, 4.69) is 11.9 Å². The summed E-state index contributed by atoms with van der Waals surface area (Å²) < 4.78 is 23.2.